The van der Waals surface area contributed by atoms with E-state index in [1.807, 2.05) is 23.6 Å². The molecule has 1 aromatic carbocycles. The van der Waals surface area contributed by atoms with Gasteiger partial charge in [-0.15, -0.1) is 11.3 Å². The SMILES string of the molecule is COc1ccc(CC(=O)Nc2nccs2)cc1Br. The summed E-state index contributed by atoms with van der Waals surface area (Å²) in [6.45, 7) is 0. The number of nitrogens with zero attached hydrogens (tertiary/aromatic N) is 1. The number of methoxy groups -OCH3 is 1. The van der Waals surface area contributed by atoms with Crippen LogP contribution in [0, 0.1) is 0 Å². The lowest BCUT2D eigenvalue weighted by Crippen LogP contribution is -2.14. The molecule has 2 aromatic rings. The van der Waals surface area contributed by atoms with Gasteiger partial charge in [0.15, 0.2) is 5.13 Å². The number of halogens is 1. The molecule has 0 radical (unpaired) electrons. The Morgan fingerprint density at radius 2 is 2.39 bits per heavy atom. The van der Waals surface area contributed by atoms with Gasteiger partial charge in [-0.1, -0.05) is 6.07 Å². The van der Waals surface area contributed by atoms with Crippen molar-refractivity contribution in [1.82, 2.24) is 4.98 Å². The zero-order chi connectivity index (χ0) is 13.0. The Labute approximate surface area is 117 Å². The Kier molecular flexibility index (Phi) is 4.33. The zero-order valence-corrected chi connectivity index (χ0v) is 12.0. The highest BCUT2D eigenvalue weighted by atomic mass is 79.9. The van der Waals surface area contributed by atoms with E-state index >= 15 is 0 Å². The molecule has 0 aliphatic carbocycles. The van der Waals surface area contributed by atoms with E-state index in [9.17, 15) is 4.79 Å². The molecule has 0 aliphatic rings. The summed E-state index contributed by atoms with van der Waals surface area (Å²) in [5.41, 5.74) is 0.914. The number of hydrogen-bond donors (Lipinski definition) is 1. The number of aromatic nitrogens is 1. The van der Waals surface area contributed by atoms with Crippen LogP contribution in [-0.2, 0) is 11.2 Å². The lowest BCUT2D eigenvalue weighted by atomic mass is 10.1. The number of carbonyl (C=O) groups is 1. The normalized spacial score (nSPS) is 10.1. The van der Waals surface area contributed by atoms with E-state index in [2.05, 4.69) is 26.2 Å². The van der Waals surface area contributed by atoms with Gasteiger partial charge in [-0.25, -0.2) is 4.98 Å². The van der Waals surface area contributed by atoms with Crippen LogP contribution in [0.1, 0.15) is 5.56 Å². The molecule has 0 atom stereocenters. The van der Waals surface area contributed by atoms with Gasteiger partial charge in [0.25, 0.3) is 0 Å². The number of ether oxygens (including phenoxy) is 1. The van der Waals surface area contributed by atoms with E-state index in [-0.39, 0.29) is 5.91 Å². The number of thiazole rings is 1. The molecule has 6 heteroatoms. The van der Waals surface area contributed by atoms with Crippen LogP contribution in [0.15, 0.2) is 34.2 Å². The summed E-state index contributed by atoms with van der Waals surface area (Å²) in [6, 6.07) is 5.57. The lowest BCUT2D eigenvalue weighted by molar-refractivity contribution is -0.115. The average Bonchev–Trinajstić information content (AvgIpc) is 2.82. The molecule has 1 N–H and O–H groups in total. The molecule has 94 valence electrons. The predicted molar refractivity (Wildman–Crippen MR) is 75.1 cm³/mol. The van der Waals surface area contributed by atoms with E-state index in [0.717, 1.165) is 15.8 Å². The van der Waals surface area contributed by atoms with Crippen molar-refractivity contribution in [2.75, 3.05) is 12.4 Å². The molecule has 0 bridgehead atoms. The largest absolute Gasteiger partial charge is 0.496 e. The van der Waals surface area contributed by atoms with Crippen LogP contribution in [0.5, 0.6) is 5.75 Å². The number of amides is 1. The molecule has 0 spiro atoms. The molecule has 1 amide bonds. The molecule has 0 saturated carbocycles. The molecule has 0 saturated heterocycles. The molecule has 2 rings (SSSR count). The van der Waals surface area contributed by atoms with Gasteiger partial charge in [0, 0.05) is 11.6 Å². The third-order valence-electron chi connectivity index (χ3n) is 2.26. The Balaban J connectivity index is 2.01. The summed E-state index contributed by atoms with van der Waals surface area (Å²) in [5.74, 6) is 0.668. The van der Waals surface area contributed by atoms with Gasteiger partial charge in [0.1, 0.15) is 5.75 Å². The fraction of sp³-hybridized carbons (Fsp3) is 0.167. The van der Waals surface area contributed by atoms with E-state index < -0.39 is 0 Å². The van der Waals surface area contributed by atoms with Gasteiger partial charge >= 0.3 is 0 Å². The highest BCUT2D eigenvalue weighted by molar-refractivity contribution is 9.10. The molecular formula is C12H11BrN2O2S. The molecule has 0 unspecified atom stereocenters. The number of anilines is 1. The van der Waals surface area contributed by atoms with Crippen molar-refractivity contribution < 1.29 is 9.53 Å². The molecular weight excluding hydrogens is 316 g/mol. The first-order valence-corrected chi connectivity index (χ1v) is 6.88. The number of benzene rings is 1. The van der Waals surface area contributed by atoms with Gasteiger partial charge in [-0.05, 0) is 33.6 Å². The monoisotopic (exact) mass is 326 g/mol. The Bertz CT molecular complexity index is 543. The minimum atomic E-state index is -0.0815. The van der Waals surface area contributed by atoms with Crippen LogP contribution in [0.25, 0.3) is 0 Å². The second-order valence-corrected chi connectivity index (χ2v) is 5.28. The minimum Gasteiger partial charge on any atom is -0.496 e. The van der Waals surface area contributed by atoms with E-state index in [0.29, 0.717) is 11.6 Å². The van der Waals surface area contributed by atoms with Gasteiger partial charge in [-0.2, -0.15) is 0 Å². The van der Waals surface area contributed by atoms with Gasteiger partial charge in [0.05, 0.1) is 18.0 Å². The van der Waals surface area contributed by atoms with Crippen LogP contribution in [0.2, 0.25) is 0 Å². The molecule has 18 heavy (non-hydrogen) atoms. The summed E-state index contributed by atoms with van der Waals surface area (Å²) in [5, 5.41) is 5.18. The lowest BCUT2D eigenvalue weighted by Gasteiger charge is -2.06. The topological polar surface area (TPSA) is 51.2 Å². The summed E-state index contributed by atoms with van der Waals surface area (Å²) < 4.78 is 5.97. The highest BCUT2D eigenvalue weighted by Gasteiger charge is 2.07. The first-order valence-electron chi connectivity index (χ1n) is 5.21. The maximum Gasteiger partial charge on any atom is 0.230 e. The van der Waals surface area contributed by atoms with Crippen LogP contribution >= 0.6 is 27.3 Å². The number of carbonyl (C=O) groups excluding carboxylic acids is 1. The smallest absolute Gasteiger partial charge is 0.230 e. The van der Waals surface area contributed by atoms with Crippen molar-refractivity contribution in [3.8, 4) is 5.75 Å². The van der Waals surface area contributed by atoms with Crippen molar-refractivity contribution in [3.63, 3.8) is 0 Å². The highest BCUT2D eigenvalue weighted by Crippen LogP contribution is 2.25. The second kappa shape index (κ2) is 5.97. The minimum absolute atomic E-state index is 0.0815. The summed E-state index contributed by atoms with van der Waals surface area (Å²) in [7, 11) is 1.61. The van der Waals surface area contributed by atoms with Crippen molar-refractivity contribution in [2.45, 2.75) is 6.42 Å². The first kappa shape index (κ1) is 13.0. The van der Waals surface area contributed by atoms with E-state index in [1.54, 1.807) is 13.3 Å². The Morgan fingerprint density at radius 3 is 3.00 bits per heavy atom. The molecule has 1 heterocycles. The number of rotatable bonds is 4. The fourth-order valence-corrected chi connectivity index (χ4v) is 2.59. The second-order valence-electron chi connectivity index (χ2n) is 3.53. The zero-order valence-electron chi connectivity index (χ0n) is 9.64. The summed E-state index contributed by atoms with van der Waals surface area (Å²) in [4.78, 5) is 15.8. The molecule has 4 nitrogen and oxygen atoms in total. The number of hydrogen-bond acceptors (Lipinski definition) is 4. The Morgan fingerprint density at radius 1 is 1.56 bits per heavy atom. The van der Waals surface area contributed by atoms with Gasteiger partial charge < -0.3 is 10.1 Å². The van der Waals surface area contributed by atoms with Crippen LogP contribution < -0.4 is 10.1 Å². The molecule has 0 aliphatic heterocycles. The molecule has 0 fully saturated rings. The van der Waals surface area contributed by atoms with Crippen LogP contribution in [0.4, 0.5) is 5.13 Å². The van der Waals surface area contributed by atoms with Gasteiger partial charge in [0.2, 0.25) is 5.91 Å². The van der Waals surface area contributed by atoms with E-state index in [1.165, 1.54) is 11.3 Å². The number of nitrogens with one attached hydrogen (secondary N) is 1. The third-order valence-corrected chi connectivity index (χ3v) is 3.57. The molecule has 1 aromatic heterocycles. The average molecular weight is 327 g/mol. The standard InChI is InChI=1S/C12H11BrN2O2S/c1-17-10-3-2-8(6-9(10)13)7-11(16)15-12-14-4-5-18-12/h2-6H,7H2,1H3,(H,14,15,16). The van der Waals surface area contributed by atoms with Crippen molar-refractivity contribution in [1.29, 1.82) is 0 Å². The quantitative estimate of drug-likeness (QED) is 0.939. The maximum absolute atomic E-state index is 11.8. The van der Waals surface area contributed by atoms with Crippen molar-refractivity contribution in [2.24, 2.45) is 0 Å². The van der Waals surface area contributed by atoms with Crippen molar-refractivity contribution >= 4 is 38.3 Å². The fourth-order valence-electron chi connectivity index (χ4n) is 1.45. The Hall–Kier alpha value is -1.40. The van der Waals surface area contributed by atoms with Crippen LogP contribution in [0.3, 0.4) is 0 Å². The van der Waals surface area contributed by atoms with Crippen LogP contribution in [-0.4, -0.2) is 18.0 Å². The maximum atomic E-state index is 11.8. The van der Waals surface area contributed by atoms with E-state index in [4.69, 9.17) is 4.74 Å². The predicted octanol–water partition coefficient (Wildman–Crippen LogP) is 3.10. The summed E-state index contributed by atoms with van der Waals surface area (Å²) >= 11 is 4.79. The summed E-state index contributed by atoms with van der Waals surface area (Å²) in [6.07, 6.45) is 1.96. The third kappa shape index (κ3) is 3.30. The van der Waals surface area contributed by atoms with Gasteiger partial charge in [-0.3, -0.25) is 4.79 Å². The first-order chi connectivity index (χ1) is 8.69. The van der Waals surface area contributed by atoms with Crippen molar-refractivity contribution in [3.05, 3.63) is 39.8 Å².